The van der Waals surface area contributed by atoms with Gasteiger partial charge in [0.1, 0.15) is 11.4 Å². The van der Waals surface area contributed by atoms with E-state index in [1.807, 2.05) is 24.3 Å². The van der Waals surface area contributed by atoms with Gasteiger partial charge in [0.25, 0.3) is 11.5 Å². The largest absolute Gasteiger partial charge is 0.352 e. The Hall–Kier alpha value is -3.15. The average molecular weight is 378 g/mol. The second-order valence-electron chi connectivity index (χ2n) is 7.19. The smallest absolute Gasteiger partial charge is 0.268 e. The zero-order valence-electron chi connectivity index (χ0n) is 16.5. The Labute approximate surface area is 164 Å². The van der Waals surface area contributed by atoms with E-state index in [0.29, 0.717) is 18.0 Å². The molecule has 6 nitrogen and oxygen atoms in total. The van der Waals surface area contributed by atoms with Gasteiger partial charge >= 0.3 is 0 Å². The number of hydrogen-bond acceptors (Lipinski definition) is 3. The summed E-state index contributed by atoms with van der Waals surface area (Å²) in [6.07, 6.45) is 6.70. The van der Waals surface area contributed by atoms with Gasteiger partial charge < -0.3 is 10.3 Å². The Balaban J connectivity index is 1.78. The fourth-order valence-corrected chi connectivity index (χ4v) is 3.12. The molecular formula is C22H26N4O2. The lowest BCUT2D eigenvalue weighted by atomic mass is 10.0. The molecule has 6 heteroatoms. The minimum absolute atomic E-state index is 0.190. The van der Waals surface area contributed by atoms with Crippen molar-refractivity contribution in [1.29, 1.82) is 0 Å². The molecule has 1 amide bonds. The number of nitrogens with zero attached hydrogens (tertiary/aromatic N) is 2. The van der Waals surface area contributed by atoms with Gasteiger partial charge in [0.15, 0.2) is 0 Å². The molecule has 1 aromatic carbocycles. The molecule has 3 aromatic rings. The summed E-state index contributed by atoms with van der Waals surface area (Å²) in [5.74, 6) is 0.909. The number of carbonyl (C=O) groups is 1. The topological polar surface area (TPSA) is 79.8 Å². The van der Waals surface area contributed by atoms with Crippen LogP contribution in [0.5, 0.6) is 0 Å². The monoisotopic (exact) mass is 378 g/mol. The van der Waals surface area contributed by atoms with Gasteiger partial charge in [0.05, 0.1) is 0 Å². The number of benzene rings is 1. The Morgan fingerprint density at radius 2 is 2.11 bits per heavy atom. The van der Waals surface area contributed by atoms with E-state index in [2.05, 4.69) is 29.1 Å². The van der Waals surface area contributed by atoms with E-state index in [4.69, 9.17) is 0 Å². The Morgan fingerprint density at radius 1 is 1.29 bits per heavy atom. The van der Waals surface area contributed by atoms with Crippen LogP contribution < -0.4 is 10.9 Å². The summed E-state index contributed by atoms with van der Waals surface area (Å²) in [6, 6.07) is 9.66. The predicted octanol–water partition coefficient (Wildman–Crippen LogP) is 3.36. The first-order valence-electron chi connectivity index (χ1n) is 9.56. The molecule has 0 unspecified atom stereocenters. The summed E-state index contributed by atoms with van der Waals surface area (Å²) in [6.45, 7) is 6.49. The predicted molar refractivity (Wildman–Crippen MR) is 110 cm³/mol. The number of pyridine rings is 1. The van der Waals surface area contributed by atoms with Gasteiger partial charge in [-0.3, -0.25) is 14.2 Å². The second-order valence-corrected chi connectivity index (χ2v) is 7.19. The van der Waals surface area contributed by atoms with E-state index in [0.717, 1.165) is 29.9 Å². The number of hydrogen-bond donors (Lipinski definition) is 2. The minimum atomic E-state index is -0.337. The molecule has 28 heavy (non-hydrogen) atoms. The molecule has 0 atom stereocenters. The molecule has 0 spiro atoms. The molecule has 2 N–H and O–H groups in total. The number of H-pyrrole nitrogens is 1. The fraction of sp³-hybridized carbons (Fsp3) is 0.318. The van der Waals surface area contributed by atoms with Crippen LogP contribution in [0.2, 0.25) is 0 Å². The molecule has 0 saturated carbocycles. The molecule has 2 heterocycles. The first-order chi connectivity index (χ1) is 13.5. The zero-order chi connectivity index (χ0) is 20.1. The van der Waals surface area contributed by atoms with Crippen molar-refractivity contribution in [1.82, 2.24) is 19.9 Å². The number of aryl methyl sites for hydroxylation is 2. The van der Waals surface area contributed by atoms with Crippen molar-refractivity contribution < 1.29 is 4.79 Å². The molecule has 0 fully saturated rings. The number of carbonyl (C=O) groups excluding carboxylic acids is 1. The second kappa shape index (κ2) is 8.69. The Kier molecular flexibility index (Phi) is 6.09. The fourth-order valence-electron chi connectivity index (χ4n) is 3.12. The molecule has 0 aliphatic heterocycles. The highest BCUT2D eigenvalue weighted by atomic mass is 16.2. The van der Waals surface area contributed by atoms with Crippen molar-refractivity contribution in [3.05, 3.63) is 81.8 Å². The molecule has 146 valence electrons. The van der Waals surface area contributed by atoms with Crippen LogP contribution in [-0.4, -0.2) is 27.0 Å². The summed E-state index contributed by atoms with van der Waals surface area (Å²) >= 11 is 0. The number of nitrogens with one attached hydrogen (secondary N) is 2. The third-order valence-corrected chi connectivity index (χ3v) is 4.77. The van der Waals surface area contributed by atoms with Crippen molar-refractivity contribution in [2.24, 2.45) is 0 Å². The molecular weight excluding hydrogens is 352 g/mol. The van der Waals surface area contributed by atoms with Crippen molar-refractivity contribution in [2.45, 2.75) is 39.5 Å². The maximum absolute atomic E-state index is 13.0. The highest BCUT2D eigenvalue weighted by molar-refractivity contribution is 5.95. The van der Waals surface area contributed by atoms with Crippen molar-refractivity contribution in [3.8, 4) is 5.69 Å². The molecule has 3 rings (SSSR count). The van der Waals surface area contributed by atoms with Crippen LogP contribution in [0.3, 0.4) is 0 Å². The van der Waals surface area contributed by atoms with Gasteiger partial charge in [-0.25, -0.2) is 4.98 Å². The number of aromatic nitrogens is 3. The number of amides is 1. The molecule has 0 aliphatic carbocycles. The van der Waals surface area contributed by atoms with Gasteiger partial charge in [0, 0.05) is 37.2 Å². The maximum atomic E-state index is 13.0. The van der Waals surface area contributed by atoms with Crippen molar-refractivity contribution in [2.75, 3.05) is 6.54 Å². The lowest BCUT2D eigenvalue weighted by molar-refractivity contribution is 0.0950. The van der Waals surface area contributed by atoms with Gasteiger partial charge in [-0.15, -0.1) is 0 Å². The molecule has 0 bridgehead atoms. The quantitative estimate of drug-likeness (QED) is 0.619. The van der Waals surface area contributed by atoms with Crippen molar-refractivity contribution in [3.63, 3.8) is 0 Å². The highest BCUT2D eigenvalue weighted by Gasteiger charge is 2.16. The van der Waals surface area contributed by atoms with Crippen LogP contribution in [-0.2, 0) is 6.42 Å². The Morgan fingerprint density at radius 3 is 2.82 bits per heavy atom. The van der Waals surface area contributed by atoms with E-state index in [1.54, 1.807) is 31.6 Å². The number of rotatable bonds is 7. The third kappa shape index (κ3) is 4.39. The molecule has 0 radical (unpaired) electrons. The third-order valence-electron chi connectivity index (χ3n) is 4.77. The van der Waals surface area contributed by atoms with Crippen LogP contribution in [0.4, 0.5) is 0 Å². The summed E-state index contributed by atoms with van der Waals surface area (Å²) in [4.78, 5) is 32.9. The van der Waals surface area contributed by atoms with Crippen LogP contribution in [0.25, 0.3) is 5.69 Å². The SMILES string of the molecule is Cc1ccn(-c2cccc(C(C)C)c2)c(=O)c1C(=O)NCCCc1ncc[nH]1. The average Bonchev–Trinajstić information content (AvgIpc) is 3.19. The summed E-state index contributed by atoms with van der Waals surface area (Å²) in [5, 5.41) is 2.86. The van der Waals surface area contributed by atoms with Gasteiger partial charge in [0.2, 0.25) is 0 Å². The van der Waals surface area contributed by atoms with E-state index < -0.39 is 0 Å². The maximum Gasteiger partial charge on any atom is 0.268 e. The van der Waals surface area contributed by atoms with E-state index in [-0.39, 0.29) is 17.0 Å². The van der Waals surface area contributed by atoms with Crippen LogP contribution >= 0.6 is 0 Å². The van der Waals surface area contributed by atoms with E-state index >= 15 is 0 Å². The summed E-state index contributed by atoms with van der Waals surface area (Å²) in [7, 11) is 0. The standard InChI is InChI=1S/C22H26N4O2/c1-15(2)17-6-4-7-18(14-17)26-13-9-16(3)20(22(26)28)21(27)25-10-5-8-19-23-11-12-24-19/h4,6-7,9,11-15H,5,8,10H2,1-3H3,(H,23,24)(H,25,27). The molecule has 0 aliphatic rings. The highest BCUT2D eigenvalue weighted by Crippen LogP contribution is 2.17. The summed E-state index contributed by atoms with van der Waals surface area (Å²) in [5.41, 5.74) is 2.47. The summed E-state index contributed by atoms with van der Waals surface area (Å²) < 4.78 is 1.54. The van der Waals surface area contributed by atoms with E-state index in [9.17, 15) is 9.59 Å². The first-order valence-corrected chi connectivity index (χ1v) is 9.56. The van der Waals surface area contributed by atoms with Gasteiger partial charge in [-0.05, 0) is 48.6 Å². The molecule has 0 saturated heterocycles. The van der Waals surface area contributed by atoms with E-state index in [1.165, 1.54) is 4.57 Å². The minimum Gasteiger partial charge on any atom is -0.352 e. The number of aromatic amines is 1. The Bertz CT molecular complexity index is 1000. The van der Waals surface area contributed by atoms with Crippen molar-refractivity contribution >= 4 is 5.91 Å². The van der Waals surface area contributed by atoms with Gasteiger partial charge in [-0.2, -0.15) is 0 Å². The van der Waals surface area contributed by atoms with Crippen LogP contribution in [0.15, 0.2) is 53.7 Å². The van der Waals surface area contributed by atoms with Crippen LogP contribution in [0.1, 0.15) is 53.5 Å². The zero-order valence-corrected chi connectivity index (χ0v) is 16.5. The number of imidazole rings is 1. The molecule has 2 aromatic heterocycles. The normalized spacial score (nSPS) is 11.0. The lowest BCUT2D eigenvalue weighted by Gasteiger charge is -2.13. The van der Waals surface area contributed by atoms with Crippen LogP contribution in [0, 0.1) is 6.92 Å². The first kappa shape index (κ1) is 19.6. The lowest BCUT2D eigenvalue weighted by Crippen LogP contribution is -2.34. The van der Waals surface area contributed by atoms with Gasteiger partial charge in [-0.1, -0.05) is 26.0 Å².